The van der Waals surface area contributed by atoms with Crippen molar-refractivity contribution in [3.05, 3.63) is 30.1 Å². The minimum Gasteiger partial charge on any atom is -0.371 e. The maximum atomic E-state index is 12.5. The number of nitrogens with one attached hydrogen (secondary N) is 1. The summed E-state index contributed by atoms with van der Waals surface area (Å²) in [4.78, 5) is 14.8. The largest absolute Gasteiger partial charge is 0.371 e. The highest BCUT2D eigenvalue weighted by Crippen LogP contribution is 2.23. The summed E-state index contributed by atoms with van der Waals surface area (Å²) in [7, 11) is -3.86. The standard InChI is InChI=1S/C16H23N5O3S/c1-3-20(4-2)25(23,24)18-16(22)14-12-17-21-10-7-13(11-15(14)21)19-8-5-6-9-19/h7,10-12H,3-6,8-9H2,1-2H3,(H,18,22). The highest BCUT2D eigenvalue weighted by molar-refractivity contribution is 7.87. The Hall–Kier alpha value is -2.13. The van der Waals surface area contributed by atoms with Crippen LogP contribution in [0.2, 0.25) is 0 Å². The Bertz CT molecular complexity index is 867. The zero-order chi connectivity index (χ0) is 18.0. The summed E-state index contributed by atoms with van der Waals surface area (Å²) in [6.07, 6.45) is 5.49. The van der Waals surface area contributed by atoms with Gasteiger partial charge in [-0.15, -0.1) is 0 Å². The molecule has 0 aromatic carbocycles. The van der Waals surface area contributed by atoms with E-state index in [4.69, 9.17) is 0 Å². The van der Waals surface area contributed by atoms with Crippen LogP contribution in [0.1, 0.15) is 37.0 Å². The van der Waals surface area contributed by atoms with E-state index in [1.54, 1.807) is 24.6 Å². The van der Waals surface area contributed by atoms with E-state index in [0.29, 0.717) is 18.6 Å². The Balaban J connectivity index is 1.90. The van der Waals surface area contributed by atoms with Crippen LogP contribution in [0.4, 0.5) is 5.69 Å². The van der Waals surface area contributed by atoms with Crippen molar-refractivity contribution < 1.29 is 13.2 Å². The van der Waals surface area contributed by atoms with E-state index >= 15 is 0 Å². The van der Waals surface area contributed by atoms with E-state index in [9.17, 15) is 13.2 Å². The number of fused-ring (bicyclic) bond motifs is 1. The monoisotopic (exact) mass is 365 g/mol. The maximum absolute atomic E-state index is 12.5. The molecule has 1 aliphatic rings. The first-order valence-electron chi connectivity index (χ1n) is 8.50. The fraction of sp³-hybridized carbons (Fsp3) is 0.500. The van der Waals surface area contributed by atoms with Crippen LogP contribution in [0.25, 0.3) is 5.52 Å². The minimum atomic E-state index is -3.86. The summed E-state index contributed by atoms with van der Waals surface area (Å²) in [5.74, 6) is -0.666. The summed E-state index contributed by atoms with van der Waals surface area (Å²) in [5.41, 5.74) is 1.86. The molecule has 1 fully saturated rings. The SMILES string of the molecule is CCN(CC)S(=O)(=O)NC(=O)c1cnn2ccc(N3CCCC3)cc12. The second kappa shape index (κ2) is 7.01. The number of rotatable bonds is 6. The molecule has 0 spiro atoms. The number of amides is 1. The molecule has 1 saturated heterocycles. The van der Waals surface area contributed by atoms with Crippen molar-refractivity contribution in [2.75, 3.05) is 31.1 Å². The van der Waals surface area contributed by atoms with Crippen molar-refractivity contribution in [2.24, 2.45) is 0 Å². The molecule has 1 amide bonds. The third-order valence-electron chi connectivity index (χ3n) is 4.49. The number of nitrogens with zero attached hydrogens (tertiary/aromatic N) is 4. The van der Waals surface area contributed by atoms with Crippen molar-refractivity contribution in [1.29, 1.82) is 0 Å². The van der Waals surface area contributed by atoms with Gasteiger partial charge in [0.25, 0.3) is 5.91 Å². The van der Waals surface area contributed by atoms with Gasteiger partial charge in [0.15, 0.2) is 0 Å². The lowest BCUT2D eigenvalue weighted by Crippen LogP contribution is -2.43. The first kappa shape index (κ1) is 17.7. The third-order valence-corrected chi connectivity index (χ3v) is 6.13. The normalized spacial score (nSPS) is 15.2. The van der Waals surface area contributed by atoms with Crippen LogP contribution in [-0.4, -0.2) is 54.4 Å². The van der Waals surface area contributed by atoms with Gasteiger partial charge in [0.05, 0.1) is 17.3 Å². The number of hydrogen-bond acceptors (Lipinski definition) is 5. The van der Waals surface area contributed by atoms with Crippen molar-refractivity contribution in [3.63, 3.8) is 0 Å². The van der Waals surface area contributed by atoms with Gasteiger partial charge in [0, 0.05) is 38.1 Å². The van der Waals surface area contributed by atoms with Crippen LogP contribution < -0.4 is 9.62 Å². The lowest BCUT2D eigenvalue weighted by atomic mass is 10.2. The van der Waals surface area contributed by atoms with Crippen LogP contribution in [-0.2, 0) is 10.2 Å². The number of hydrogen-bond donors (Lipinski definition) is 1. The molecule has 0 saturated carbocycles. The van der Waals surface area contributed by atoms with E-state index in [0.717, 1.165) is 31.6 Å². The number of pyridine rings is 1. The van der Waals surface area contributed by atoms with E-state index in [1.165, 1.54) is 10.5 Å². The second-order valence-corrected chi connectivity index (χ2v) is 7.66. The highest BCUT2D eigenvalue weighted by Gasteiger charge is 2.24. The predicted molar refractivity (Wildman–Crippen MR) is 95.9 cm³/mol. The average molecular weight is 365 g/mol. The number of anilines is 1. The zero-order valence-electron chi connectivity index (χ0n) is 14.5. The van der Waals surface area contributed by atoms with Gasteiger partial charge in [0.2, 0.25) is 0 Å². The zero-order valence-corrected chi connectivity index (χ0v) is 15.3. The van der Waals surface area contributed by atoms with Crippen LogP contribution in [0.3, 0.4) is 0 Å². The van der Waals surface area contributed by atoms with Crippen LogP contribution in [0.15, 0.2) is 24.5 Å². The van der Waals surface area contributed by atoms with Crippen molar-refractivity contribution in [3.8, 4) is 0 Å². The molecule has 3 heterocycles. The molecule has 2 aromatic heterocycles. The van der Waals surface area contributed by atoms with E-state index in [-0.39, 0.29) is 5.56 Å². The molecule has 1 aliphatic heterocycles. The van der Waals surface area contributed by atoms with Crippen LogP contribution in [0, 0.1) is 0 Å². The molecule has 25 heavy (non-hydrogen) atoms. The molecule has 3 rings (SSSR count). The Morgan fingerprint density at radius 3 is 2.60 bits per heavy atom. The number of aromatic nitrogens is 2. The van der Waals surface area contributed by atoms with E-state index in [1.807, 2.05) is 12.1 Å². The molecular formula is C16H23N5O3S. The van der Waals surface area contributed by atoms with Crippen molar-refractivity contribution in [1.82, 2.24) is 18.6 Å². The average Bonchev–Trinajstić information content (AvgIpc) is 3.24. The smallest absolute Gasteiger partial charge is 0.304 e. The maximum Gasteiger partial charge on any atom is 0.304 e. The van der Waals surface area contributed by atoms with Gasteiger partial charge in [-0.25, -0.2) is 9.24 Å². The molecule has 0 radical (unpaired) electrons. The van der Waals surface area contributed by atoms with Crippen LogP contribution in [0.5, 0.6) is 0 Å². The van der Waals surface area contributed by atoms with Crippen molar-refractivity contribution >= 4 is 27.3 Å². The molecule has 0 unspecified atom stereocenters. The van der Waals surface area contributed by atoms with Gasteiger partial charge in [-0.3, -0.25) is 4.79 Å². The third kappa shape index (κ3) is 3.47. The summed E-state index contributed by atoms with van der Waals surface area (Å²) in [6.45, 7) is 6.03. The molecule has 136 valence electrons. The Kier molecular flexibility index (Phi) is 4.96. The topological polar surface area (TPSA) is 87.0 Å². The lowest BCUT2D eigenvalue weighted by molar-refractivity contribution is 0.0981. The first-order chi connectivity index (χ1) is 12.0. The molecule has 2 aromatic rings. The highest BCUT2D eigenvalue weighted by atomic mass is 32.2. The Morgan fingerprint density at radius 2 is 1.96 bits per heavy atom. The molecule has 0 aliphatic carbocycles. The van der Waals surface area contributed by atoms with Crippen LogP contribution >= 0.6 is 0 Å². The molecule has 0 atom stereocenters. The summed E-state index contributed by atoms with van der Waals surface area (Å²) in [6, 6.07) is 3.84. The van der Waals surface area contributed by atoms with Gasteiger partial charge in [-0.2, -0.15) is 17.8 Å². The molecule has 8 nitrogen and oxygen atoms in total. The Morgan fingerprint density at radius 1 is 1.28 bits per heavy atom. The minimum absolute atomic E-state index is 0.247. The molecule has 0 bridgehead atoms. The fourth-order valence-corrected chi connectivity index (χ4v) is 4.27. The molecule has 1 N–H and O–H groups in total. The van der Waals surface area contributed by atoms with Gasteiger partial charge in [0.1, 0.15) is 0 Å². The van der Waals surface area contributed by atoms with Gasteiger partial charge in [-0.05, 0) is 25.0 Å². The van der Waals surface area contributed by atoms with E-state index in [2.05, 4.69) is 14.7 Å². The number of carbonyl (C=O) groups is 1. The summed E-state index contributed by atoms with van der Waals surface area (Å²) in [5, 5.41) is 4.15. The van der Waals surface area contributed by atoms with Gasteiger partial charge >= 0.3 is 10.2 Å². The van der Waals surface area contributed by atoms with Crippen molar-refractivity contribution in [2.45, 2.75) is 26.7 Å². The van der Waals surface area contributed by atoms with Gasteiger partial charge in [-0.1, -0.05) is 13.8 Å². The molecule has 9 heteroatoms. The molecular weight excluding hydrogens is 342 g/mol. The van der Waals surface area contributed by atoms with E-state index < -0.39 is 16.1 Å². The fourth-order valence-electron chi connectivity index (χ4n) is 3.12. The van der Waals surface area contributed by atoms with Gasteiger partial charge < -0.3 is 4.90 Å². The Labute approximate surface area is 147 Å². The predicted octanol–water partition coefficient (Wildman–Crippen LogP) is 1.25. The summed E-state index contributed by atoms with van der Waals surface area (Å²) >= 11 is 0. The number of carbonyl (C=O) groups excluding carboxylic acids is 1. The second-order valence-electron chi connectivity index (χ2n) is 5.99. The summed E-state index contributed by atoms with van der Waals surface area (Å²) < 4.78 is 29.5. The lowest BCUT2D eigenvalue weighted by Gasteiger charge is -2.19. The quantitative estimate of drug-likeness (QED) is 0.832. The first-order valence-corrected chi connectivity index (χ1v) is 9.94.